The van der Waals surface area contributed by atoms with Gasteiger partial charge in [-0.2, -0.15) is 0 Å². The van der Waals surface area contributed by atoms with E-state index in [0.29, 0.717) is 19.6 Å². The van der Waals surface area contributed by atoms with Gasteiger partial charge in [0.05, 0.1) is 12.5 Å². The normalized spacial score (nSPS) is 16.7. The first-order chi connectivity index (χ1) is 14.5. The number of carbonyl (C=O) groups excluding carboxylic acids is 1. The van der Waals surface area contributed by atoms with E-state index in [9.17, 15) is 22.7 Å². The fourth-order valence-corrected chi connectivity index (χ4v) is 4.76. The van der Waals surface area contributed by atoms with E-state index in [1.807, 2.05) is 37.3 Å². The predicted octanol–water partition coefficient (Wildman–Crippen LogP) is 1.60. The van der Waals surface area contributed by atoms with Crippen molar-refractivity contribution in [2.75, 3.05) is 12.5 Å². The second kappa shape index (κ2) is 12.8. The molecule has 0 saturated heterocycles. The fraction of sp³-hybridized carbons (Fsp3) is 0.300. The van der Waals surface area contributed by atoms with Crippen molar-refractivity contribution in [2.45, 2.75) is 24.8 Å². The monoisotopic (exact) mass is 558 g/mol. The maximum absolute atomic E-state index is 12.1. The Labute approximate surface area is 212 Å². The van der Waals surface area contributed by atoms with Gasteiger partial charge < -0.3 is 36.1 Å². The van der Waals surface area contributed by atoms with E-state index in [4.69, 9.17) is 9.63 Å². The summed E-state index contributed by atoms with van der Waals surface area (Å²) in [6.07, 6.45) is 0.680. The van der Waals surface area contributed by atoms with Gasteiger partial charge in [0.2, 0.25) is 9.84 Å². The summed E-state index contributed by atoms with van der Waals surface area (Å²) in [5.41, 5.74) is 1.84. The molecule has 3 rings (SSSR count). The first-order valence-electron chi connectivity index (χ1n) is 9.27. The van der Waals surface area contributed by atoms with Crippen LogP contribution in [0.3, 0.4) is 0 Å². The molecule has 1 heterocycles. The molecule has 2 unspecified atom stereocenters. The number of rotatable bonds is 6. The first-order valence-corrected chi connectivity index (χ1v) is 12.4. The van der Waals surface area contributed by atoms with Gasteiger partial charge >= 0.3 is 0 Å². The van der Waals surface area contributed by atoms with Crippen LogP contribution in [0.5, 0.6) is 5.75 Å². The number of ether oxygens (including phenoxy) is 1. The Kier molecular flexibility index (Phi) is 11.5. The van der Waals surface area contributed by atoms with Crippen LogP contribution in [-0.4, -0.2) is 31.8 Å². The zero-order valence-corrected chi connectivity index (χ0v) is 22.0. The van der Waals surface area contributed by atoms with Gasteiger partial charge in [-0.05, 0) is 29.5 Å². The van der Waals surface area contributed by atoms with Crippen LogP contribution < -0.4 is 14.9 Å². The van der Waals surface area contributed by atoms with Crippen LogP contribution in [0.4, 0.5) is 0 Å². The average Bonchev–Trinajstić information content (AvgIpc) is 2.71. The van der Waals surface area contributed by atoms with Gasteiger partial charge in [0.25, 0.3) is 7.82 Å². The molecule has 2 aromatic rings. The van der Waals surface area contributed by atoms with Crippen LogP contribution in [0.25, 0.3) is 0 Å². The second-order valence-electron chi connectivity index (χ2n) is 6.96. The van der Waals surface area contributed by atoms with Crippen molar-refractivity contribution in [3.05, 3.63) is 66.6 Å². The van der Waals surface area contributed by atoms with E-state index < -0.39 is 23.6 Å². The van der Waals surface area contributed by atoms with Gasteiger partial charge in [0.1, 0.15) is 10.6 Å². The van der Waals surface area contributed by atoms with Crippen LogP contribution in [-0.2, 0) is 69.4 Å². The van der Waals surface area contributed by atoms with Crippen molar-refractivity contribution in [3.63, 3.8) is 0 Å². The molecule has 0 spiro atoms. The molecule has 2 atom stereocenters. The van der Waals surface area contributed by atoms with Crippen LogP contribution >= 0.6 is 7.82 Å². The Morgan fingerprint density at radius 2 is 1.94 bits per heavy atom. The SMILES string of the molecule is CC1COc2c(cccc2S(=O)(=O)COP(=O)([O-])O)C1.[CH2-]C(=O)NCc1ccccc1.[Y]. The summed E-state index contributed by atoms with van der Waals surface area (Å²) >= 11 is 0. The molecule has 0 saturated carbocycles. The summed E-state index contributed by atoms with van der Waals surface area (Å²) in [5, 5.41) is 2.61. The maximum Gasteiger partial charge on any atom is 0.266 e. The van der Waals surface area contributed by atoms with Crippen molar-refractivity contribution in [1.29, 1.82) is 0 Å². The minimum absolute atomic E-state index is 0. The standard InChI is InChI=1S/C11H15O7PS.C9H10NO.Y/c1-8-5-9-3-2-4-10(11(9)17-6-8)20(15,16)7-18-19(12,13)14;1-8(11)10-7-9-5-3-2-4-6-9;/h2-4,8H,5-7H2,1H3,(H2,12,13,14);2-6H,1,7H2,(H,10,11);/q;-1;/p-1. The number of fused-ring (bicyclic) bond motifs is 1. The van der Waals surface area contributed by atoms with Crippen molar-refractivity contribution < 1.29 is 69.5 Å². The number of phosphoric acid groups is 1. The van der Waals surface area contributed by atoms with Crippen molar-refractivity contribution in [2.24, 2.45) is 5.92 Å². The Hall–Kier alpha value is -1.26. The van der Waals surface area contributed by atoms with Gasteiger partial charge in [-0.3, -0.25) is 4.57 Å². The molecule has 32 heavy (non-hydrogen) atoms. The average molecular weight is 558 g/mol. The van der Waals surface area contributed by atoms with Crippen LogP contribution in [0.2, 0.25) is 0 Å². The summed E-state index contributed by atoms with van der Waals surface area (Å²) in [6, 6.07) is 14.4. The zero-order chi connectivity index (χ0) is 23.1. The Balaban J connectivity index is 0.000000364. The molecule has 9 nitrogen and oxygen atoms in total. The molecule has 2 N–H and O–H groups in total. The third-order valence-electron chi connectivity index (χ3n) is 4.18. The molecule has 1 aliphatic rings. The third kappa shape index (κ3) is 9.71. The van der Waals surface area contributed by atoms with E-state index in [1.165, 1.54) is 6.07 Å². The Morgan fingerprint density at radius 1 is 1.28 bits per heavy atom. The van der Waals surface area contributed by atoms with Gasteiger partial charge in [0.15, 0.2) is 5.94 Å². The number of phosphoric ester groups is 1. The number of hydrogen-bond donors (Lipinski definition) is 2. The number of para-hydroxylation sites is 1. The van der Waals surface area contributed by atoms with E-state index in [-0.39, 0.29) is 55.2 Å². The number of sulfone groups is 1. The van der Waals surface area contributed by atoms with Crippen molar-refractivity contribution >= 4 is 23.6 Å². The topological polar surface area (TPSA) is 142 Å². The number of nitrogens with one attached hydrogen (secondary N) is 1. The molecule has 0 bridgehead atoms. The molecule has 2 aromatic carbocycles. The second-order valence-corrected chi connectivity index (χ2v) is 10.1. The summed E-state index contributed by atoms with van der Waals surface area (Å²) in [4.78, 5) is 29.3. The minimum Gasteiger partial charge on any atom is -0.756 e. The number of carbonyl (C=O) groups is 1. The number of benzene rings is 2. The van der Waals surface area contributed by atoms with E-state index >= 15 is 0 Å². The van der Waals surface area contributed by atoms with Crippen molar-refractivity contribution in [1.82, 2.24) is 5.32 Å². The number of amides is 1. The molecule has 1 amide bonds. The van der Waals surface area contributed by atoms with E-state index in [1.54, 1.807) is 12.1 Å². The van der Waals surface area contributed by atoms with Gasteiger partial charge in [-0.15, -0.1) is 0 Å². The van der Waals surface area contributed by atoms with Gasteiger partial charge in [0, 0.05) is 39.3 Å². The van der Waals surface area contributed by atoms with Crippen LogP contribution in [0.1, 0.15) is 18.1 Å². The summed E-state index contributed by atoms with van der Waals surface area (Å²) in [6.45, 7) is 6.13. The fourth-order valence-electron chi connectivity index (χ4n) is 2.79. The predicted molar refractivity (Wildman–Crippen MR) is 111 cm³/mol. The number of hydrogen-bond acceptors (Lipinski definition) is 7. The summed E-state index contributed by atoms with van der Waals surface area (Å²) < 4.78 is 44.0. The smallest absolute Gasteiger partial charge is 0.266 e. The van der Waals surface area contributed by atoms with E-state index in [0.717, 1.165) is 11.1 Å². The molecule has 1 radical (unpaired) electrons. The molecule has 0 aromatic heterocycles. The van der Waals surface area contributed by atoms with Gasteiger partial charge in [-0.1, -0.05) is 49.4 Å². The van der Waals surface area contributed by atoms with Crippen LogP contribution in [0, 0.1) is 12.8 Å². The van der Waals surface area contributed by atoms with Crippen LogP contribution in [0.15, 0.2) is 53.4 Å². The quantitative estimate of drug-likeness (QED) is 0.403. The zero-order valence-electron chi connectivity index (χ0n) is 17.5. The minimum atomic E-state index is -5.09. The third-order valence-corrected chi connectivity index (χ3v) is 6.23. The molecular formula is C20H24NO8PSY-2. The Morgan fingerprint density at radius 3 is 2.53 bits per heavy atom. The molecule has 173 valence electrons. The van der Waals surface area contributed by atoms with Gasteiger partial charge in [-0.25, -0.2) is 8.42 Å². The first kappa shape index (κ1) is 28.8. The summed E-state index contributed by atoms with van der Waals surface area (Å²) in [5.74, 6) is -0.891. The molecular weight excluding hydrogens is 534 g/mol. The van der Waals surface area contributed by atoms with Crippen molar-refractivity contribution in [3.8, 4) is 5.75 Å². The van der Waals surface area contributed by atoms with E-state index in [2.05, 4.69) is 16.8 Å². The Bertz CT molecular complexity index is 1040. The largest absolute Gasteiger partial charge is 0.756 e. The maximum atomic E-state index is 12.1. The molecule has 1 aliphatic heterocycles. The molecule has 0 fully saturated rings. The molecule has 0 aliphatic carbocycles. The molecule has 12 heteroatoms. The summed E-state index contributed by atoms with van der Waals surface area (Å²) in [7, 11) is -9.12.